The fourth-order valence-corrected chi connectivity index (χ4v) is 2.48. The van der Waals surface area contributed by atoms with E-state index in [1.807, 2.05) is 17.4 Å². The third kappa shape index (κ3) is 3.72. The predicted octanol–water partition coefficient (Wildman–Crippen LogP) is 4.24. The van der Waals surface area contributed by atoms with Crippen molar-refractivity contribution >= 4 is 11.6 Å². The van der Waals surface area contributed by atoms with Crippen LogP contribution in [-0.4, -0.2) is 12.1 Å². The van der Waals surface area contributed by atoms with Gasteiger partial charge in [0.2, 0.25) is 0 Å². The van der Waals surface area contributed by atoms with Crippen LogP contribution in [-0.2, 0) is 4.79 Å². The zero-order chi connectivity index (χ0) is 13.9. The van der Waals surface area contributed by atoms with Crippen molar-refractivity contribution in [3.8, 4) is 0 Å². The average molecular weight is 271 g/mol. The molecule has 1 saturated carbocycles. The summed E-state index contributed by atoms with van der Waals surface area (Å²) in [5, 5.41) is 1.85. The maximum absolute atomic E-state index is 12.1. The summed E-state index contributed by atoms with van der Waals surface area (Å²) in [7, 11) is 0. The van der Waals surface area contributed by atoms with E-state index in [-0.39, 0.29) is 5.69 Å². The van der Waals surface area contributed by atoms with E-state index in [9.17, 15) is 18.0 Å². The minimum Gasteiger partial charge on any atom is -0.318 e. The van der Waals surface area contributed by atoms with Crippen LogP contribution in [0.2, 0.25) is 0 Å². The molecule has 1 aliphatic carbocycles. The second-order valence-corrected chi connectivity index (χ2v) is 4.91. The largest absolute Gasteiger partial charge is 0.471 e. The number of hydrogen-bond donors (Lipinski definition) is 1. The summed E-state index contributed by atoms with van der Waals surface area (Å²) in [5.74, 6) is -1.43. The molecule has 0 aromatic heterocycles. The molecule has 0 saturated heterocycles. The van der Waals surface area contributed by atoms with Gasteiger partial charge in [0, 0.05) is 5.69 Å². The van der Waals surface area contributed by atoms with E-state index >= 15 is 0 Å². The Bertz CT molecular complexity index is 433. The summed E-state index contributed by atoms with van der Waals surface area (Å²) < 4.78 is 36.3. The lowest BCUT2D eigenvalue weighted by Gasteiger charge is -2.22. The van der Waals surface area contributed by atoms with Crippen LogP contribution in [0.25, 0.3) is 0 Å². The minimum absolute atomic E-state index is 0.182. The highest BCUT2D eigenvalue weighted by molar-refractivity contribution is 5.94. The summed E-state index contributed by atoms with van der Waals surface area (Å²) in [6, 6.07) is 6.69. The third-order valence-corrected chi connectivity index (χ3v) is 3.50. The Labute approximate surface area is 110 Å². The van der Waals surface area contributed by atoms with Gasteiger partial charge in [-0.15, -0.1) is 0 Å². The highest BCUT2D eigenvalue weighted by Gasteiger charge is 2.38. The van der Waals surface area contributed by atoms with Crippen LogP contribution >= 0.6 is 0 Å². The lowest BCUT2D eigenvalue weighted by molar-refractivity contribution is -0.167. The van der Waals surface area contributed by atoms with E-state index in [0.717, 1.165) is 18.4 Å². The van der Waals surface area contributed by atoms with Crippen LogP contribution in [0.15, 0.2) is 24.3 Å². The first-order valence-corrected chi connectivity index (χ1v) is 6.45. The zero-order valence-electron chi connectivity index (χ0n) is 10.5. The van der Waals surface area contributed by atoms with Crippen molar-refractivity contribution < 1.29 is 18.0 Å². The van der Waals surface area contributed by atoms with Gasteiger partial charge in [-0.1, -0.05) is 31.4 Å². The summed E-state index contributed by atoms with van der Waals surface area (Å²) in [5.41, 5.74) is 1.33. The topological polar surface area (TPSA) is 29.1 Å². The summed E-state index contributed by atoms with van der Waals surface area (Å²) in [4.78, 5) is 10.8. The molecule has 1 amide bonds. The van der Waals surface area contributed by atoms with Gasteiger partial charge in [0.1, 0.15) is 0 Å². The molecular weight excluding hydrogens is 255 g/mol. The Kier molecular flexibility index (Phi) is 4.12. The number of benzene rings is 1. The highest BCUT2D eigenvalue weighted by atomic mass is 19.4. The third-order valence-electron chi connectivity index (χ3n) is 3.50. The molecule has 0 bridgehead atoms. The number of nitrogens with one attached hydrogen (secondary N) is 1. The van der Waals surface area contributed by atoms with Gasteiger partial charge in [0.15, 0.2) is 0 Å². The van der Waals surface area contributed by atoms with Crippen molar-refractivity contribution in [2.45, 2.75) is 44.2 Å². The number of anilines is 1. The van der Waals surface area contributed by atoms with Crippen LogP contribution in [0.4, 0.5) is 18.9 Å². The van der Waals surface area contributed by atoms with E-state index in [0.29, 0.717) is 5.92 Å². The van der Waals surface area contributed by atoms with E-state index < -0.39 is 12.1 Å². The second kappa shape index (κ2) is 5.63. The second-order valence-electron chi connectivity index (χ2n) is 4.91. The number of rotatable bonds is 2. The van der Waals surface area contributed by atoms with Crippen LogP contribution in [0.3, 0.4) is 0 Å². The van der Waals surface area contributed by atoms with Crippen LogP contribution in [0.1, 0.15) is 43.6 Å². The number of carbonyl (C=O) groups is 1. The molecule has 0 unspecified atom stereocenters. The molecule has 1 aromatic rings. The predicted molar refractivity (Wildman–Crippen MR) is 67.0 cm³/mol. The zero-order valence-corrected chi connectivity index (χ0v) is 10.5. The molecule has 0 heterocycles. The molecule has 1 aliphatic rings. The first-order valence-electron chi connectivity index (χ1n) is 6.45. The van der Waals surface area contributed by atoms with Crippen molar-refractivity contribution in [2.24, 2.45) is 0 Å². The SMILES string of the molecule is O=C(Nc1ccc(C2CCCCC2)cc1)C(F)(F)F. The fourth-order valence-electron chi connectivity index (χ4n) is 2.48. The molecule has 0 aliphatic heterocycles. The van der Waals surface area contributed by atoms with Gasteiger partial charge >= 0.3 is 12.1 Å². The van der Waals surface area contributed by atoms with Gasteiger partial charge in [-0.05, 0) is 36.5 Å². The molecular formula is C14H16F3NO. The Morgan fingerprint density at radius 2 is 1.63 bits per heavy atom. The van der Waals surface area contributed by atoms with Crippen molar-refractivity contribution in [1.82, 2.24) is 0 Å². The van der Waals surface area contributed by atoms with E-state index in [2.05, 4.69) is 0 Å². The first-order chi connectivity index (χ1) is 8.97. The van der Waals surface area contributed by atoms with Crippen molar-refractivity contribution in [3.05, 3.63) is 29.8 Å². The minimum atomic E-state index is -4.85. The lowest BCUT2D eigenvalue weighted by atomic mass is 9.84. The quantitative estimate of drug-likeness (QED) is 0.856. The Morgan fingerprint density at radius 1 is 1.05 bits per heavy atom. The summed E-state index contributed by atoms with van der Waals surface area (Å²) >= 11 is 0. The van der Waals surface area contributed by atoms with E-state index in [1.165, 1.54) is 31.4 Å². The van der Waals surface area contributed by atoms with Gasteiger partial charge < -0.3 is 5.32 Å². The summed E-state index contributed by atoms with van der Waals surface area (Å²) in [6.07, 6.45) is 1.09. The average Bonchev–Trinajstić information content (AvgIpc) is 2.39. The monoisotopic (exact) mass is 271 g/mol. The lowest BCUT2D eigenvalue weighted by Crippen LogP contribution is -2.29. The Morgan fingerprint density at radius 3 is 2.16 bits per heavy atom. The van der Waals surface area contributed by atoms with Gasteiger partial charge in [0.05, 0.1) is 0 Å². The molecule has 1 aromatic carbocycles. The molecule has 2 rings (SSSR count). The molecule has 1 N–H and O–H groups in total. The molecule has 104 valence electrons. The number of alkyl halides is 3. The smallest absolute Gasteiger partial charge is 0.318 e. The molecule has 2 nitrogen and oxygen atoms in total. The normalized spacial score (nSPS) is 17.2. The maximum Gasteiger partial charge on any atom is 0.471 e. The van der Waals surface area contributed by atoms with Crippen molar-refractivity contribution in [2.75, 3.05) is 5.32 Å². The van der Waals surface area contributed by atoms with Gasteiger partial charge in [0.25, 0.3) is 0 Å². The van der Waals surface area contributed by atoms with Gasteiger partial charge in [-0.25, -0.2) is 0 Å². The molecule has 19 heavy (non-hydrogen) atoms. The molecule has 0 spiro atoms. The first kappa shape index (κ1) is 13.9. The fraction of sp³-hybridized carbons (Fsp3) is 0.500. The van der Waals surface area contributed by atoms with Crippen LogP contribution < -0.4 is 5.32 Å². The van der Waals surface area contributed by atoms with E-state index in [1.54, 1.807) is 0 Å². The number of amides is 1. The number of carbonyl (C=O) groups excluding carboxylic acids is 1. The Hall–Kier alpha value is -1.52. The number of halogens is 3. The van der Waals surface area contributed by atoms with Gasteiger partial charge in [-0.3, -0.25) is 4.79 Å². The van der Waals surface area contributed by atoms with Crippen molar-refractivity contribution in [3.63, 3.8) is 0 Å². The molecule has 0 atom stereocenters. The maximum atomic E-state index is 12.1. The van der Waals surface area contributed by atoms with E-state index in [4.69, 9.17) is 0 Å². The van der Waals surface area contributed by atoms with Crippen molar-refractivity contribution in [1.29, 1.82) is 0 Å². The van der Waals surface area contributed by atoms with Crippen LogP contribution in [0.5, 0.6) is 0 Å². The molecule has 0 radical (unpaired) electrons. The van der Waals surface area contributed by atoms with Gasteiger partial charge in [-0.2, -0.15) is 13.2 Å². The summed E-state index contributed by atoms with van der Waals surface area (Å²) in [6.45, 7) is 0. The highest BCUT2D eigenvalue weighted by Crippen LogP contribution is 2.33. The molecule has 5 heteroatoms. The Balaban J connectivity index is 2.00. The standard InChI is InChI=1S/C14H16F3NO/c15-14(16,17)13(19)18-12-8-6-11(7-9-12)10-4-2-1-3-5-10/h6-10H,1-5H2,(H,18,19). The number of hydrogen-bond acceptors (Lipinski definition) is 1. The van der Waals surface area contributed by atoms with Crippen LogP contribution in [0, 0.1) is 0 Å². The molecule has 1 fully saturated rings.